The number of piperidine rings is 1. The molecule has 0 bridgehead atoms. The number of nitrogens with one attached hydrogen (secondary N) is 1. The van der Waals surface area contributed by atoms with Gasteiger partial charge < -0.3 is 5.32 Å². The lowest BCUT2D eigenvalue weighted by Gasteiger charge is -2.37. The molecule has 1 unspecified atom stereocenters. The van der Waals surface area contributed by atoms with Crippen LogP contribution in [0.1, 0.15) is 52.9 Å². The summed E-state index contributed by atoms with van der Waals surface area (Å²) in [6, 6.07) is -0.905. The van der Waals surface area contributed by atoms with Crippen molar-refractivity contribution < 1.29 is 18.0 Å². The highest BCUT2D eigenvalue weighted by Gasteiger charge is 2.46. The van der Waals surface area contributed by atoms with Gasteiger partial charge >= 0.3 is 6.03 Å². The first kappa shape index (κ1) is 17.7. The fraction of sp³-hybridized carbons (Fsp3) is 0.875. The van der Waals surface area contributed by atoms with Crippen LogP contribution in [-0.2, 0) is 14.8 Å². The SMILES string of the molecule is CC(C)(C)S(=O)(=O)N1CCC(N2C(=O)NC(CC3CC3)C2=O)CC1. The van der Waals surface area contributed by atoms with E-state index in [-0.39, 0.29) is 24.0 Å². The number of hydrogen-bond donors (Lipinski definition) is 1. The summed E-state index contributed by atoms with van der Waals surface area (Å²) in [5.74, 6) is 0.432. The molecule has 0 aromatic rings. The standard InChI is InChI=1S/C16H27N3O4S/c1-16(2,3)24(22,23)18-8-6-12(7-9-18)19-14(20)13(17-15(19)21)10-11-4-5-11/h11-13H,4-10H2,1-3H3,(H,17,21). The minimum atomic E-state index is -3.36. The van der Waals surface area contributed by atoms with Crippen LogP contribution in [0.5, 0.6) is 0 Å². The van der Waals surface area contributed by atoms with Crippen molar-refractivity contribution >= 4 is 22.0 Å². The van der Waals surface area contributed by atoms with Gasteiger partial charge in [-0.1, -0.05) is 12.8 Å². The van der Waals surface area contributed by atoms with Gasteiger partial charge in [-0.25, -0.2) is 17.5 Å². The molecule has 136 valence electrons. The highest BCUT2D eigenvalue weighted by atomic mass is 32.2. The van der Waals surface area contributed by atoms with Crippen LogP contribution in [0.3, 0.4) is 0 Å². The predicted molar refractivity (Wildman–Crippen MR) is 89.8 cm³/mol. The number of sulfonamides is 1. The van der Waals surface area contributed by atoms with Crippen molar-refractivity contribution in [1.82, 2.24) is 14.5 Å². The van der Waals surface area contributed by atoms with E-state index in [1.165, 1.54) is 9.21 Å². The topological polar surface area (TPSA) is 86.8 Å². The minimum Gasteiger partial charge on any atom is -0.326 e. The first-order valence-corrected chi connectivity index (χ1v) is 10.2. The second kappa shape index (κ2) is 5.98. The molecule has 7 nitrogen and oxygen atoms in total. The number of carbonyl (C=O) groups is 2. The van der Waals surface area contributed by atoms with Gasteiger partial charge in [-0.15, -0.1) is 0 Å². The Morgan fingerprint density at radius 3 is 2.17 bits per heavy atom. The lowest BCUT2D eigenvalue weighted by molar-refractivity contribution is -0.129. The third kappa shape index (κ3) is 3.18. The molecule has 2 aliphatic heterocycles. The Labute approximate surface area is 143 Å². The van der Waals surface area contributed by atoms with E-state index >= 15 is 0 Å². The van der Waals surface area contributed by atoms with Crippen molar-refractivity contribution in [3.05, 3.63) is 0 Å². The molecule has 0 radical (unpaired) electrons. The molecule has 3 amide bonds. The van der Waals surface area contributed by atoms with Gasteiger partial charge in [-0.05, 0) is 46.0 Å². The van der Waals surface area contributed by atoms with E-state index in [2.05, 4.69) is 5.32 Å². The smallest absolute Gasteiger partial charge is 0.325 e. The normalized spacial score (nSPS) is 27.6. The van der Waals surface area contributed by atoms with Crippen LogP contribution in [0.15, 0.2) is 0 Å². The molecule has 24 heavy (non-hydrogen) atoms. The van der Waals surface area contributed by atoms with Gasteiger partial charge in [0, 0.05) is 19.1 Å². The summed E-state index contributed by atoms with van der Waals surface area (Å²) in [5, 5.41) is 2.79. The van der Waals surface area contributed by atoms with Crippen molar-refractivity contribution in [1.29, 1.82) is 0 Å². The summed E-state index contributed by atoms with van der Waals surface area (Å²) in [6.07, 6.45) is 4.03. The van der Waals surface area contributed by atoms with Crippen molar-refractivity contribution in [2.75, 3.05) is 13.1 Å². The van der Waals surface area contributed by atoms with Gasteiger partial charge in [0.2, 0.25) is 10.0 Å². The molecule has 2 heterocycles. The molecule has 3 fully saturated rings. The maximum atomic E-state index is 12.5. The number of carbonyl (C=O) groups excluding carboxylic acids is 2. The van der Waals surface area contributed by atoms with E-state index in [1.807, 2.05) is 0 Å². The highest BCUT2D eigenvalue weighted by Crippen LogP contribution is 2.35. The summed E-state index contributed by atoms with van der Waals surface area (Å²) < 4.78 is 25.7. The van der Waals surface area contributed by atoms with E-state index in [0.29, 0.717) is 31.8 Å². The van der Waals surface area contributed by atoms with Crippen LogP contribution in [0.4, 0.5) is 4.79 Å². The fourth-order valence-corrected chi connectivity index (χ4v) is 4.93. The fourth-order valence-electron chi connectivity index (χ4n) is 3.47. The Morgan fingerprint density at radius 2 is 1.67 bits per heavy atom. The summed E-state index contributed by atoms with van der Waals surface area (Å²) in [5.41, 5.74) is 0. The average molecular weight is 357 g/mol. The quantitative estimate of drug-likeness (QED) is 0.768. The first-order chi connectivity index (χ1) is 11.1. The molecule has 1 aliphatic carbocycles. The molecule has 3 aliphatic rings. The molecular weight excluding hydrogens is 330 g/mol. The van der Waals surface area contributed by atoms with Crippen molar-refractivity contribution in [3.63, 3.8) is 0 Å². The lowest BCUT2D eigenvalue weighted by atomic mass is 10.0. The molecule has 0 spiro atoms. The molecule has 3 rings (SSSR count). The molecule has 1 N–H and O–H groups in total. The van der Waals surface area contributed by atoms with E-state index < -0.39 is 14.8 Å². The monoisotopic (exact) mass is 357 g/mol. The lowest BCUT2D eigenvalue weighted by Crippen LogP contribution is -2.52. The predicted octanol–water partition coefficient (Wildman–Crippen LogP) is 1.30. The summed E-state index contributed by atoms with van der Waals surface area (Å²) in [6.45, 7) is 5.78. The van der Waals surface area contributed by atoms with Gasteiger partial charge in [0.1, 0.15) is 6.04 Å². The number of hydrogen-bond acceptors (Lipinski definition) is 4. The third-order valence-electron chi connectivity index (χ3n) is 5.22. The average Bonchev–Trinajstić information content (AvgIpc) is 3.25. The second-order valence-corrected chi connectivity index (χ2v) is 10.8. The maximum Gasteiger partial charge on any atom is 0.325 e. The molecular formula is C16H27N3O4S. The molecule has 1 saturated carbocycles. The Balaban J connectivity index is 1.62. The molecule has 2 saturated heterocycles. The van der Waals surface area contributed by atoms with Gasteiger partial charge in [-0.2, -0.15) is 0 Å². The summed E-state index contributed by atoms with van der Waals surface area (Å²) in [7, 11) is -3.36. The Morgan fingerprint density at radius 1 is 1.08 bits per heavy atom. The summed E-state index contributed by atoms with van der Waals surface area (Å²) in [4.78, 5) is 26.1. The van der Waals surface area contributed by atoms with Gasteiger partial charge in [0.25, 0.3) is 5.91 Å². The number of nitrogens with zero attached hydrogens (tertiary/aromatic N) is 2. The van der Waals surface area contributed by atoms with E-state index in [9.17, 15) is 18.0 Å². The zero-order valence-corrected chi connectivity index (χ0v) is 15.4. The van der Waals surface area contributed by atoms with Gasteiger partial charge in [0.05, 0.1) is 4.75 Å². The van der Waals surface area contributed by atoms with Crippen LogP contribution in [0, 0.1) is 5.92 Å². The first-order valence-electron chi connectivity index (χ1n) is 8.74. The van der Waals surface area contributed by atoms with Crippen LogP contribution in [0.2, 0.25) is 0 Å². The molecule has 0 aromatic carbocycles. The number of urea groups is 1. The Hall–Kier alpha value is -1.15. The van der Waals surface area contributed by atoms with E-state index in [0.717, 1.165) is 19.3 Å². The minimum absolute atomic E-state index is 0.135. The maximum absolute atomic E-state index is 12.5. The highest BCUT2D eigenvalue weighted by molar-refractivity contribution is 7.90. The molecule has 0 aromatic heterocycles. The van der Waals surface area contributed by atoms with Gasteiger partial charge in [-0.3, -0.25) is 9.69 Å². The van der Waals surface area contributed by atoms with Crippen molar-refractivity contribution in [2.45, 2.75) is 69.7 Å². The summed E-state index contributed by atoms with van der Waals surface area (Å²) >= 11 is 0. The largest absolute Gasteiger partial charge is 0.326 e. The Kier molecular flexibility index (Phi) is 4.40. The number of rotatable bonds is 4. The van der Waals surface area contributed by atoms with Crippen molar-refractivity contribution in [3.8, 4) is 0 Å². The number of imide groups is 1. The van der Waals surface area contributed by atoms with Gasteiger partial charge in [0.15, 0.2) is 0 Å². The number of amides is 3. The van der Waals surface area contributed by atoms with E-state index in [1.54, 1.807) is 20.8 Å². The zero-order chi connectivity index (χ0) is 17.7. The third-order valence-corrected chi connectivity index (χ3v) is 7.81. The molecule has 8 heteroatoms. The van der Waals surface area contributed by atoms with Crippen LogP contribution in [-0.4, -0.2) is 59.5 Å². The Bertz CT molecular complexity index is 628. The van der Waals surface area contributed by atoms with Crippen molar-refractivity contribution in [2.24, 2.45) is 5.92 Å². The van der Waals surface area contributed by atoms with Crippen LogP contribution < -0.4 is 5.32 Å². The zero-order valence-electron chi connectivity index (χ0n) is 14.6. The van der Waals surface area contributed by atoms with Crippen LogP contribution >= 0.6 is 0 Å². The van der Waals surface area contributed by atoms with Crippen LogP contribution in [0.25, 0.3) is 0 Å². The molecule has 1 atom stereocenters. The second-order valence-electron chi connectivity index (χ2n) is 8.14. The van der Waals surface area contributed by atoms with E-state index in [4.69, 9.17) is 0 Å².